The van der Waals surface area contributed by atoms with Crippen LogP contribution in [0.15, 0.2) is 6.20 Å². The molecule has 0 radical (unpaired) electrons. The molecule has 1 aromatic heterocycles. The van der Waals surface area contributed by atoms with Gasteiger partial charge in [0.1, 0.15) is 11.4 Å². The number of nitrogens with two attached hydrogens (primary N) is 1. The van der Waals surface area contributed by atoms with Crippen LogP contribution in [0.25, 0.3) is 0 Å². The van der Waals surface area contributed by atoms with Gasteiger partial charge in [-0.1, -0.05) is 0 Å². The van der Waals surface area contributed by atoms with Gasteiger partial charge >= 0.3 is 0 Å². The summed E-state index contributed by atoms with van der Waals surface area (Å²) in [6.45, 7) is 2.11. The summed E-state index contributed by atoms with van der Waals surface area (Å²) in [7, 11) is -2.85. The van der Waals surface area contributed by atoms with Gasteiger partial charge in [-0.15, -0.1) is 0 Å². The molecule has 2 atom stereocenters. The highest BCUT2D eigenvalue weighted by molar-refractivity contribution is 7.91. The predicted octanol–water partition coefficient (Wildman–Crippen LogP) is -1.20. The third kappa shape index (κ3) is 3.03. The maximum atomic E-state index is 11.4. The molecule has 116 valence electrons. The second-order valence-electron chi connectivity index (χ2n) is 5.71. The fourth-order valence-corrected chi connectivity index (χ4v) is 4.57. The van der Waals surface area contributed by atoms with Gasteiger partial charge in [-0.2, -0.15) is 5.10 Å². The van der Waals surface area contributed by atoms with Crippen molar-refractivity contribution in [2.45, 2.75) is 19.0 Å². The van der Waals surface area contributed by atoms with E-state index >= 15 is 0 Å². The number of nitrogens with one attached hydrogen (secondary N) is 2. The Kier molecular flexibility index (Phi) is 3.62. The Bertz CT molecular complexity index is 654. The number of amides is 1. The zero-order valence-corrected chi connectivity index (χ0v) is 12.4. The number of hydrogen-bond acceptors (Lipinski definition) is 6. The molecule has 1 aromatic rings. The first-order chi connectivity index (χ1) is 9.94. The standard InChI is InChI=1S/C12H19N5O3S/c13-11(18)10-5-16-17-6-8(4-15-12(10)17)3-14-9-1-2-21(19,20)7-9/h5,8-9,14-15H,1-4,6-7H2,(H2,13,18). The van der Waals surface area contributed by atoms with Crippen molar-refractivity contribution in [3.63, 3.8) is 0 Å². The van der Waals surface area contributed by atoms with E-state index in [9.17, 15) is 13.2 Å². The minimum atomic E-state index is -2.85. The van der Waals surface area contributed by atoms with Crippen molar-refractivity contribution in [2.24, 2.45) is 11.7 Å². The molecule has 0 aromatic carbocycles. The topological polar surface area (TPSA) is 119 Å². The zero-order chi connectivity index (χ0) is 15.0. The smallest absolute Gasteiger partial charge is 0.254 e. The minimum Gasteiger partial charge on any atom is -0.369 e. The number of carbonyl (C=O) groups is 1. The summed E-state index contributed by atoms with van der Waals surface area (Å²) in [4.78, 5) is 11.2. The van der Waals surface area contributed by atoms with Crippen molar-refractivity contribution in [1.82, 2.24) is 15.1 Å². The van der Waals surface area contributed by atoms with Gasteiger partial charge in [0.25, 0.3) is 5.91 Å². The van der Waals surface area contributed by atoms with Crippen molar-refractivity contribution in [3.05, 3.63) is 11.8 Å². The average Bonchev–Trinajstić information content (AvgIpc) is 2.99. The van der Waals surface area contributed by atoms with E-state index in [-0.39, 0.29) is 17.5 Å². The zero-order valence-electron chi connectivity index (χ0n) is 11.6. The first kappa shape index (κ1) is 14.3. The summed E-state index contributed by atoms with van der Waals surface area (Å²) in [5.74, 6) is 0.977. The van der Waals surface area contributed by atoms with Gasteiger partial charge in [0.15, 0.2) is 9.84 Å². The molecule has 3 rings (SSSR count). The third-order valence-electron chi connectivity index (χ3n) is 4.02. The van der Waals surface area contributed by atoms with Gasteiger partial charge in [-0.05, 0) is 6.42 Å². The third-order valence-corrected chi connectivity index (χ3v) is 5.79. The van der Waals surface area contributed by atoms with Gasteiger partial charge in [-0.25, -0.2) is 13.1 Å². The Labute approximate surface area is 123 Å². The average molecular weight is 313 g/mol. The first-order valence-electron chi connectivity index (χ1n) is 6.98. The summed E-state index contributed by atoms with van der Waals surface area (Å²) < 4.78 is 24.6. The van der Waals surface area contributed by atoms with E-state index < -0.39 is 15.7 Å². The molecule has 2 aliphatic heterocycles. The summed E-state index contributed by atoms with van der Waals surface area (Å²) in [6, 6.07) is 0.0511. The summed E-state index contributed by atoms with van der Waals surface area (Å²) in [5.41, 5.74) is 5.69. The van der Waals surface area contributed by atoms with Crippen LogP contribution in [0.2, 0.25) is 0 Å². The van der Waals surface area contributed by atoms with E-state index in [1.807, 2.05) is 0 Å². The Morgan fingerprint density at radius 1 is 1.57 bits per heavy atom. The van der Waals surface area contributed by atoms with Gasteiger partial charge < -0.3 is 16.4 Å². The lowest BCUT2D eigenvalue weighted by Crippen LogP contribution is -2.40. The van der Waals surface area contributed by atoms with Crippen LogP contribution in [0.3, 0.4) is 0 Å². The van der Waals surface area contributed by atoms with Gasteiger partial charge in [-0.3, -0.25) is 4.79 Å². The lowest BCUT2D eigenvalue weighted by molar-refractivity contribution is 0.100. The van der Waals surface area contributed by atoms with Crippen LogP contribution in [0.1, 0.15) is 16.8 Å². The first-order valence-corrected chi connectivity index (χ1v) is 8.80. The SMILES string of the molecule is NC(=O)c1cnn2c1NCC(CNC1CCS(=O)(=O)C1)C2. The Morgan fingerprint density at radius 3 is 3.05 bits per heavy atom. The monoisotopic (exact) mass is 313 g/mol. The normalized spacial score (nSPS) is 27.0. The van der Waals surface area contributed by atoms with Gasteiger partial charge in [0.05, 0.1) is 17.7 Å². The molecule has 1 saturated heterocycles. The number of fused-ring (bicyclic) bond motifs is 1. The fraction of sp³-hybridized carbons (Fsp3) is 0.667. The molecule has 8 nitrogen and oxygen atoms in total. The van der Waals surface area contributed by atoms with E-state index in [2.05, 4.69) is 15.7 Å². The number of primary amides is 1. The van der Waals surface area contributed by atoms with Gasteiger partial charge in [0.2, 0.25) is 0 Å². The second kappa shape index (κ2) is 5.30. The minimum absolute atomic E-state index is 0.0511. The van der Waals surface area contributed by atoms with E-state index in [1.165, 1.54) is 6.20 Å². The number of nitrogens with zero attached hydrogens (tertiary/aromatic N) is 2. The van der Waals surface area contributed by atoms with E-state index in [0.717, 1.165) is 6.54 Å². The molecule has 9 heteroatoms. The molecule has 21 heavy (non-hydrogen) atoms. The van der Waals surface area contributed by atoms with Crippen molar-refractivity contribution in [1.29, 1.82) is 0 Å². The molecular weight excluding hydrogens is 294 g/mol. The molecule has 2 unspecified atom stereocenters. The number of aromatic nitrogens is 2. The van der Waals surface area contributed by atoms with Gasteiger partial charge in [0, 0.05) is 31.6 Å². The molecule has 3 heterocycles. The molecular formula is C12H19N5O3S. The number of sulfone groups is 1. The second-order valence-corrected chi connectivity index (χ2v) is 7.94. The summed E-state index contributed by atoms with van der Waals surface area (Å²) in [6.07, 6.45) is 2.16. The van der Waals surface area contributed by atoms with Crippen LogP contribution in [-0.2, 0) is 16.4 Å². The molecule has 2 aliphatic rings. The van der Waals surface area contributed by atoms with E-state index in [4.69, 9.17) is 5.73 Å². The predicted molar refractivity (Wildman–Crippen MR) is 77.8 cm³/mol. The maximum absolute atomic E-state index is 11.4. The lowest BCUT2D eigenvalue weighted by Gasteiger charge is -2.26. The Hall–Kier alpha value is -1.61. The van der Waals surface area contributed by atoms with Crippen LogP contribution in [0.4, 0.5) is 5.82 Å². The quantitative estimate of drug-likeness (QED) is 0.642. The summed E-state index contributed by atoms with van der Waals surface area (Å²) in [5, 5.41) is 10.7. The lowest BCUT2D eigenvalue weighted by atomic mass is 10.1. The van der Waals surface area contributed by atoms with Crippen LogP contribution < -0.4 is 16.4 Å². The van der Waals surface area contributed by atoms with Crippen LogP contribution in [-0.4, -0.2) is 54.7 Å². The van der Waals surface area contributed by atoms with Crippen LogP contribution >= 0.6 is 0 Å². The highest BCUT2D eigenvalue weighted by Crippen LogP contribution is 2.21. The molecule has 0 aliphatic carbocycles. The molecule has 1 amide bonds. The van der Waals surface area contributed by atoms with Crippen LogP contribution in [0.5, 0.6) is 0 Å². The highest BCUT2D eigenvalue weighted by Gasteiger charge is 2.29. The van der Waals surface area contributed by atoms with Crippen molar-refractivity contribution < 1.29 is 13.2 Å². The molecule has 0 spiro atoms. The van der Waals surface area contributed by atoms with E-state index in [0.29, 0.717) is 36.8 Å². The number of rotatable bonds is 4. The Morgan fingerprint density at radius 2 is 2.38 bits per heavy atom. The van der Waals surface area contributed by atoms with E-state index in [1.54, 1.807) is 4.68 Å². The fourth-order valence-electron chi connectivity index (χ4n) is 2.87. The van der Waals surface area contributed by atoms with Crippen molar-refractivity contribution in [3.8, 4) is 0 Å². The van der Waals surface area contributed by atoms with Crippen molar-refractivity contribution in [2.75, 3.05) is 29.9 Å². The molecule has 4 N–H and O–H groups in total. The highest BCUT2D eigenvalue weighted by atomic mass is 32.2. The number of carbonyl (C=O) groups excluding carboxylic acids is 1. The maximum Gasteiger partial charge on any atom is 0.254 e. The molecule has 0 bridgehead atoms. The largest absolute Gasteiger partial charge is 0.369 e. The molecule has 0 saturated carbocycles. The number of anilines is 1. The summed E-state index contributed by atoms with van der Waals surface area (Å²) >= 11 is 0. The van der Waals surface area contributed by atoms with Crippen LogP contribution in [0, 0.1) is 5.92 Å². The number of hydrogen-bond donors (Lipinski definition) is 3. The molecule has 1 fully saturated rings. The Balaban J connectivity index is 1.56. The van der Waals surface area contributed by atoms with Crippen molar-refractivity contribution >= 4 is 21.6 Å².